The third-order valence-electron chi connectivity index (χ3n) is 4.56. The van der Waals surface area contributed by atoms with E-state index in [2.05, 4.69) is 29.2 Å². The molecule has 0 aliphatic heterocycles. The SMILES string of the molecule is CCN(CC)CCNC(=O)C1(c2cc(-c3ccco3)on2)CC1. The van der Waals surface area contributed by atoms with Gasteiger partial charge in [-0.05, 0) is 38.1 Å². The molecule has 2 aromatic rings. The van der Waals surface area contributed by atoms with Crippen LogP contribution in [0.3, 0.4) is 0 Å². The zero-order valence-electron chi connectivity index (χ0n) is 13.7. The maximum Gasteiger partial charge on any atom is 0.232 e. The topological polar surface area (TPSA) is 71.5 Å². The monoisotopic (exact) mass is 317 g/mol. The number of nitrogens with one attached hydrogen (secondary N) is 1. The fourth-order valence-electron chi connectivity index (χ4n) is 2.80. The summed E-state index contributed by atoms with van der Waals surface area (Å²) in [6.45, 7) is 7.76. The van der Waals surface area contributed by atoms with Gasteiger partial charge in [-0.3, -0.25) is 4.79 Å². The maximum absolute atomic E-state index is 12.5. The fourth-order valence-corrected chi connectivity index (χ4v) is 2.80. The Hall–Kier alpha value is -2.08. The van der Waals surface area contributed by atoms with Crippen molar-refractivity contribution < 1.29 is 13.7 Å². The third-order valence-corrected chi connectivity index (χ3v) is 4.56. The third kappa shape index (κ3) is 3.17. The number of likely N-dealkylation sites (N-methyl/N-ethyl adjacent to an activating group) is 1. The molecule has 2 heterocycles. The largest absolute Gasteiger partial charge is 0.461 e. The van der Waals surface area contributed by atoms with Gasteiger partial charge < -0.3 is 19.2 Å². The molecule has 2 aromatic heterocycles. The van der Waals surface area contributed by atoms with Gasteiger partial charge >= 0.3 is 0 Å². The van der Waals surface area contributed by atoms with Gasteiger partial charge in [0.05, 0.1) is 17.4 Å². The Balaban J connectivity index is 1.62. The zero-order valence-corrected chi connectivity index (χ0v) is 13.7. The number of hydrogen-bond acceptors (Lipinski definition) is 5. The molecule has 0 spiro atoms. The Morgan fingerprint density at radius 2 is 2.13 bits per heavy atom. The van der Waals surface area contributed by atoms with Gasteiger partial charge in [-0.1, -0.05) is 19.0 Å². The molecule has 1 aliphatic rings. The highest BCUT2D eigenvalue weighted by Crippen LogP contribution is 2.48. The van der Waals surface area contributed by atoms with E-state index in [-0.39, 0.29) is 5.91 Å². The first-order valence-corrected chi connectivity index (χ1v) is 8.21. The van der Waals surface area contributed by atoms with Gasteiger partial charge in [0.1, 0.15) is 0 Å². The van der Waals surface area contributed by atoms with E-state index in [1.165, 1.54) is 0 Å². The molecule has 6 nitrogen and oxygen atoms in total. The van der Waals surface area contributed by atoms with Gasteiger partial charge in [0.15, 0.2) is 5.76 Å². The van der Waals surface area contributed by atoms with Crippen LogP contribution in [0.15, 0.2) is 33.4 Å². The van der Waals surface area contributed by atoms with Crippen molar-refractivity contribution in [2.75, 3.05) is 26.2 Å². The average molecular weight is 317 g/mol. The highest BCUT2D eigenvalue weighted by molar-refractivity contribution is 5.90. The van der Waals surface area contributed by atoms with Crippen LogP contribution in [0.4, 0.5) is 0 Å². The lowest BCUT2D eigenvalue weighted by molar-refractivity contribution is -0.123. The molecule has 0 radical (unpaired) electrons. The second-order valence-electron chi connectivity index (χ2n) is 5.92. The molecule has 1 amide bonds. The van der Waals surface area contributed by atoms with Crippen molar-refractivity contribution in [3.8, 4) is 11.5 Å². The Labute approximate surface area is 135 Å². The van der Waals surface area contributed by atoms with Gasteiger partial charge in [-0.15, -0.1) is 0 Å². The molecule has 23 heavy (non-hydrogen) atoms. The summed E-state index contributed by atoms with van der Waals surface area (Å²) in [5, 5.41) is 7.14. The van der Waals surface area contributed by atoms with Crippen molar-refractivity contribution >= 4 is 5.91 Å². The van der Waals surface area contributed by atoms with Crippen LogP contribution in [-0.2, 0) is 10.2 Å². The number of amides is 1. The predicted molar refractivity (Wildman–Crippen MR) is 85.9 cm³/mol. The number of nitrogens with zero attached hydrogens (tertiary/aromatic N) is 2. The van der Waals surface area contributed by atoms with Gasteiger partial charge in [0.2, 0.25) is 11.7 Å². The van der Waals surface area contributed by atoms with Gasteiger partial charge in [-0.2, -0.15) is 0 Å². The average Bonchev–Trinajstić information content (AvgIpc) is 3.01. The molecule has 1 N–H and O–H groups in total. The number of furan rings is 1. The normalized spacial score (nSPS) is 15.8. The van der Waals surface area contributed by atoms with Crippen LogP contribution in [0, 0.1) is 0 Å². The molecule has 6 heteroatoms. The van der Waals surface area contributed by atoms with E-state index in [1.807, 2.05) is 12.1 Å². The summed E-state index contributed by atoms with van der Waals surface area (Å²) in [5.74, 6) is 1.23. The summed E-state index contributed by atoms with van der Waals surface area (Å²) in [7, 11) is 0. The van der Waals surface area contributed by atoms with Crippen LogP contribution in [0.1, 0.15) is 32.4 Å². The molecule has 124 valence electrons. The van der Waals surface area contributed by atoms with Crippen LogP contribution in [-0.4, -0.2) is 42.1 Å². The zero-order chi connectivity index (χ0) is 16.3. The van der Waals surface area contributed by atoms with Crippen LogP contribution in [0.25, 0.3) is 11.5 Å². The summed E-state index contributed by atoms with van der Waals surface area (Å²) >= 11 is 0. The molecule has 1 aliphatic carbocycles. The minimum atomic E-state index is -0.516. The molecular formula is C17H23N3O3. The molecule has 0 aromatic carbocycles. The molecular weight excluding hydrogens is 294 g/mol. The number of aromatic nitrogens is 1. The lowest BCUT2D eigenvalue weighted by Crippen LogP contribution is -2.40. The van der Waals surface area contributed by atoms with Gasteiger partial charge in [0.25, 0.3) is 0 Å². The Kier molecular flexibility index (Phi) is 4.52. The van der Waals surface area contributed by atoms with Crippen LogP contribution >= 0.6 is 0 Å². The highest BCUT2D eigenvalue weighted by atomic mass is 16.5. The van der Waals surface area contributed by atoms with E-state index in [9.17, 15) is 4.79 Å². The summed E-state index contributed by atoms with van der Waals surface area (Å²) < 4.78 is 10.6. The van der Waals surface area contributed by atoms with Crippen molar-refractivity contribution in [2.24, 2.45) is 0 Å². The first kappa shape index (κ1) is 15.8. The second-order valence-corrected chi connectivity index (χ2v) is 5.92. The number of hydrogen-bond donors (Lipinski definition) is 1. The number of rotatable bonds is 8. The van der Waals surface area contributed by atoms with Gasteiger partial charge in [0, 0.05) is 19.2 Å². The van der Waals surface area contributed by atoms with E-state index in [4.69, 9.17) is 8.94 Å². The second kappa shape index (κ2) is 6.58. The summed E-state index contributed by atoms with van der Waals surface area (Å²) in [6, 6.07) is 5.42. The maximum atomic E-state index is 12.5. The Morgan fingerprint density at radius 3 is 2.74 bits per heavy atom. The Morgan fingerprint density at radius 1 is 1.35 bits per heavy atom. The molecule has 0 unspecified atom stereocenters. The predicted octanol–water partition coefficient (Wildman–Crippen LogP) is 2.42. The Bertz CT molecular complexity index is 640. The highest BCUT2D eigenvalue weighted by Gasteiger charge is 2.53. The lowest BCUT2D eigenvalue weighted by Gasteiger charge is -2.19. The standard InChI is InChI=1S/C17H23N3O3/c1-3-20(4-2)10-9-18-16(21)17(7-8-17)15-12-14(23-19-15)13-6-5-11-22-13/h5-6,11-12H,3-4,7-10H2,1-2H3,(H,18,21). The molecule has 0 saturated heterocycles. The van der Waals surface area contributed by atoms with E-state index in [1.54, 1.807) is 12.3 Å². The first-order valence-electron chi connectivity index (χ1n) is 8.21. The molecule has 0 atom stereocenters. The molecule has 1 fully saturated rings. The van der Waals surface area contributed by atoms with Crippen LogP contribution < -0.4 is 5.32 Å². The quantitative estimate of drug-likeness (QED) is 0.809. The molecule has 0 bridgehead atoms. The van der Waals surface area contributed by atoms with Gasteiger partial charge in [-0.25, -0.2) is 0 Å². The van der Waals surface area contributed by atoms with E-state index in [0.29, 0.717) is 23.8 Å². The molecule has 1 saturated carbocycles. The van der Waals surface area contributed by atoms with Crippen molar-refractivity contribution in [3.63, 3.8) is 0 Å². The van der Waals surface area contributed by atoms with Crippen LogP contribution in [0.5, 0.6) is 0 Å². The van der Waals surface area contributed by atoms with E-state index in [0.717, 1.165) is 32.5 Å². The summed E-state index contributed by atoms with van der Waals surface area (Å²) in [4.78, 5) is 14.8. The fraction of sp³-hybridized carbons (Fsp3) is 0.529. The number of carbonyl (C=O) groups is 1. The van der Waals surface area contributed by atoms with Crippen LogP contribution in [0.2, 0.25) is 0 Å². The smallest absolute Gasteiger partial charge is 0.232 e. The molecule has 3 rings (SSSR count). The minimum Gasteiger partial charge on any atom is -0.461 e. The van der Waals surface area contributed by atoms with Crippen molar-refractivity contribution in [1.82, 2.24) is 15.4 Å². The van der Waals surface area contributed by atoms with E-state index >= 15 is 0 Å². The van der Waals surface area contributed by atoms with Crippen molar-refractivity contribution in [3.05, 3.63) is 30.2 Å². The first-order chi connectivity index (χ1) is 11.2. The minimum absolute atomic E-state index is 0.0453. The lowest BCUT2D eigenvalue weighted by atomic mass is 10.0. The van der Waals surface area contributed by atoms with Crippen molar-refractivity contribution in [1.29, 1.82) is 0 Å². The van der Waals surface area contributed by atoms with Crippen molar-refractivity contribution in [2.45, 2.75) is 32.1 Å². The number of carbonyl (C=O) groups excluding carboxylic acids is 1. The summed E-state index contributed by atoms with van der Waals surface area (Å²) in [5.41, 5.74) is 0.182. The van der Waals surface area contributed by atoms with E-state index < -0.39 is 5.41 Å². The summed E-state index contributed by atoms with van der Waals surface area (Å²) in [6.07, 6.45) is 3.22.